The Morgan fingerprint density at radius 2 is 2.00 bits per heavy atom. The van der Waals surface area contributed by atoms with Crippen LogP contribution in [0, 0.1) is 0 Å². The van der Waals surface area contributed by atoms with Crippen LogP contribution in [-0.4, -0.2) is 22.9 Å². The zero-order chi connectivity index (χ0) is 11.4. The largest absolute Gasteiger partial charge is 0.480 e. The second-order valence-electron chi connectivity index (χ2n) is 3.05. The first-order chi connectivity index (χ1) is 7.02. The molecule has 0 radical (unpaired) electrons. The van der Waals surface area contributed by atoms with Crippen molar-refractivity contribution in [1.29, 1.82) is 0 Å². The highest BCUT2D eigenvalue weighted by Crippen LogP contribution is 2.17. The van der Waals surface area contributed by atoms with Crippen molar-refractivity contribution in [2.45, 2.75) is 12.5 Å². The monoisotopic (exact) mass is 227 g/mol. The Balaban J connectivity index is 2.78. The highest BCUT2D eigenvalue weighted by atomic mass is 35.5. The summed E-state index contributed by atoms with van der Waals surface area (Å²) in [6.07, 6.45) is -0.251. The smallest absolute Gasteiger partial charge is 0.320 e. The Hall–Kier alpha value is -1.39. The molecule has 0 saturated heterocycles. The standard InChI is InChI=1S/C10H10ClNO3/c11-7-4-2-1-3-6(7)9(13)5-8(12)10(14)15/h1-4,8H,5,12H2,(H,14,15). The summed E-state index contributed by atoms with van der Waals surface area (Å²) in [5.74, 6) is -1.56. The number of Topliss-reactive ketones (excluding diaryl/α,β-unsaturated/α-hetero) is 1. The molecule has 4 nitrogen and oxygen atoms in total. The molecule has 0 aliphatic carbocycles. The number of aliphatic carboxylic acids is 1. The van der Waals surface area contributed by atoms with Gasteiger partial charge < -0.3 is 10.8 Å². The van der Waals surface area contributed by atoms with Crippen molar-refractivity contribution >= 4 is 23.4 Å². The van der Waals surface area contributed by atoms with Gasteiger partial charge in [0.25, 0.3) is 0 Å². The number of rotatable bonds is 4. The molecule has 0 aromatic heterocycles. The Bertz CT molecular complexity index is 392. The summed E-state index contributed by atoms with van der Waals surface area (Å²) >= 11 is 5.77. The third-order valence-corrected chi connectivity index (χ3v) is 2.23. The van der Waals surface area contributed by atoms with E-state index in [0.717, 1.165) is 0 Å². The molecule has 1 unspecified atom stereocenters. The molecular weight excluding hydrogens is 218 g/mol. The third-order valence-electron chi connectivity index (χ3n) is 1.90. The van der Waals surface area contributed by atoms with Crippen molar-refractivity contribution in [3.63, 3.8) is 0 Å². The molecule has 0 bridgehead atoms. The van der Waals surface area contributed by atoms with Gasteiger partial charge in [-0.3, -0.25) is 9.59 Å². The number of carbonyl (C=O) groups excluding carboxylic acids is 1. The highest BCUT2D eigenvalue weighted by Gasteiger charge is 2.18. The van der Waals surface area contributed by atoms with Crippen LogP contribution in [0.2, 0.25) is 5.02 Å². The zero-order valence-electron chi connectivity index (χ0n) is 7.81. The van der Waals surface area contributed by atoms with Crippen molar-refractivity contribution in [2.24, 2.45) is 5.73 Å². The van der Waals surface area contributed by atoms with E-state index in [1.54, 1.807) is 24.3 Å². The minimum atomic E-state index is -1.20. The summed E-state index contributed by atoms with van der Waals surface area (Å²) in [6.45, 7) is 0. The number of carbonyl (C=O) groups is 2. The maximum Gasteiger partial charge on any atom is 0.320 e. The summed E-state index contributed by atoms with van der Waals surface area (Å²) in [7, 11) is 0. The molecule has 1 atom stereocenters. The molecule has 0 aliphatic heterocycles. The Morgan fingerprint density at radius 3 is 2.53 bits per heavy atom. The van der Waals surface area contributed by atoms with Gasteiger partial charge in [-0.1, -0.05) is 23.7 Å². The van der Waals surface area contributed by atoms with Crippen LogP contribution in [0.1, 0.15) is 16.8 Å². The SMILES string of the molecule is NC(CC(=O)c1ccccc1Cl)C(=O)O. The van der Waals surface area contributed by atoms with Crippen molar-refractivity contribution in [2.75, 3.05) is 0 Å². The molecule has 1 aromatic carbocycles. The van der Waals surface area contributed by atoms with Gasteiger partial charge in [0.1, 0.15) is 6.04 Å². The molecule has 0 saturated carbocycles. The fraction of sp³-hybridized carbons (Fsp3) is 0.200. The number of hydrogen-bond donors (Lipinski definition) is 2. The maximum absolute atomic E-state index is 11.6. The fourth-order valence-corrected chi connectivity index (χ4v) is 1.33. The van der Waals surface area contributed by atoms with Crippen LogP contribution in [0.4, 0.5) is 0 Å². The van der Waals surface area contributed by atoms with Crippen molar-refractivity contribution in [3.05, 3.63) is 34.9 Å². The first-order valence-corrected chi connectivity index (χ1v) is 4.66. The van der Waals surface area contributed by atoms with Gasteiger partial charge in [0.15, 0.2) is 5.78 Å². The molecule has 0 heterocycles. The molecule has 0 aliphatic rings. The number of carboxylic acids is 1. The van der Waals surface area contributed by atoms with Crippen LogP contribution in [0.5, 0.6) is 0 Å². The summed E-state index contributed by atoms with van der Waals surface area (Å²) in [5.41, 5.74) is 5.54. The molecule has 1 aromatic rings. The highest BCUT2D eigenvalue weighted by molar-refractivity contribution is 6.34. The average Bonchev–Trinajstić information content (AvgIpc) is 2.18. The van der Waals surface area contributed by atoms with E-state index in [1.807, 2.05) is 0 Å². The summed E-state index contributed by atoms with van der Waals surface area (Å²) in [5, 5.41) is 8.84. The number of halogens is 1. The normalized spacial score (nSPS) is 12.1. The number of hydrogen-bond acceptors (Lipinski definition) is 3. The molecule has 0 amide bonds. The lowest BCUT2D eigenvalue weighted by Gasteiger charge is -2.06. The predicted molar refractivity (Wildman–Crippen MR) is 56.0 cm³/mol. The van der Waals surface area contributed by atoms with Gasteiger partial charge in [-0.15, -0.1) is 0 Å². The van der Waals surface area contributed by atoms with E-state index >= 15 is 0 Å². The number of ketones is 1. The molecule has 80 valence electrons. The van der Waals surface area contributed by atoms with Gasteiger partial charge in [-0.05, 0) is 12.1 Å². The van der Waals surface area contributed by atoms with E-state index in [2.05, 4.69) is 0 Å². The molecule has 3 N–H and O–H groups in total. The second-order valence-corrected chi connectivity index (χ2v) is 3.46. The molecule has 1 rings (SSSR count). The Kier molecular flexibility index (Phi) is 3.82. The minimum Gasteiger partial charge on any atom is -0.480 e. The van der Waals surface area contributed by atoms with Crippen LogP contribution < -0.4 is 5.73 Å². The van der Waals surface area contributed by atoms with Gasteiger partial charge in [0.05, 0.1) is 5.02 Å². The fourth-order valence-electron chi connectivity index (χ4n) is 1.08. The first-order valence-electron chi connectivity index (χ1n) is 4.28. The van der Waals surface area contributed by atoms with Gasteiger partial charge in [-0.25, -0.2) is 0 Å². The maximum atomic E-state index is 11.6. The minimum absolute atomic E-state index is 0.251. The van der Waals surface area contributed by atoms with Crippen LogP contribution in [-0.2, 0) is 4.79 Å². The van der Waals surface area contributed by atoms with Crippen LogP contribution in [0.25, 0.3) is 0 Å². The summed E-state index contributed by atoms with van der Waals surface area (Å²) in [6, 6.07) is 5.27. The van der Waals surface area contributed by atoms with Crippen LogP contribution in [0.3, 0.4) is 0 Å². The van der Waals surface area contributed by atoms with Crippen molar-refractivity contribution < 1.29 is 14.7 Å². The predicted octanol–water partition coefficient (Wildman–Crippen LogP) is 1.32. The molecule has 15 heavy (non-hydrogen) atoms. The second kappa shape index (κ2) is 4.91. The summed E-state index contributed by atoms with van der Waals surface area (Å²) < 4.78 is 0. The van der Waals surface area contributed by atoms with Gasteiger partial charge in [0, 0.05) is 12.0 Å². The first kappa shape index (κ1) is 11.7. The molecule has 0 fully saturated rings. The van der Waals surface area contributed by atoms with E-state index in [4.69, 9.17) is 22.4 Å². The Labute approximate surface area is 91.7 Å². The van der Waals surface area contributed by atoms with Crippen LogP contribution >= 0.6 is 11.6 Å². The average molecular weight is 228 g/mol. The van der Waals surface area contributed by atoms with E-state index in [-0.39, 0.29) is 12.2 Å². The van der Waals surface area contributed by atoms with E-state index in [0.29, 0.717) is 10.6 Å². The lowest BCUT2D eigenvalue weighted by atomic mass is 10.0. The molecular formula is C10H10ClNO3. The number of nitrogens with two attached hydrogens (primary N) is 1. The number of benzene rings is 1. The van der Waals surface area contributed by atoms with E-state index in [1.165, 1.54) is 0 Å². The van der Waals surface area contributed by atoms with Crippen molar-refractivity contribution in [3.8, 4) is 0 Å². The van der Waals surface area contributed by atoms with Gasteiger partial charge >= 0.3 is 5.97 Å². The molecule has 0 spiro atoms. The lowest BCUT2D eigenvalue weighted by molar-refractivity contribution is -0.138. The zero-order valence-corrected chi connectivity index (χ0v) is 8.57. The Morgan fingerprint density at radius 1 is 1.40 bits per heavy atom. The van der Waals surface area contributed by atoms with Gasteiger partial charge in [-0.2, -0.15) is 0 Å². The van der Waals surface area contributed by atoms with E-state index < -0.39 is 12.0 Å². The molecule has 5 heteroatoms. The number of carboxylic acid groups (broad SMARTS) is 1. The topological polar surface area (TPSA) is 80.4 Å². The van der Waals surface area contributed by atoms with Crippen LogP contribution in [0.15, 0.2) is 24.3 Å². The van der Waals surface area contributed by atoms with Gasteiger partial charge in [0.2, 0.25) is 0 Å². The quantitative estimate of drug-likeness (QED) is 0.761. The summed E-state index contributed by atoms with van der Waals surface area (Å²) in [4.78, 5) is 22.0. The third kappa shape index (κ3) is 3.04. The van der Waals surface area contributed by atoms with Crippen molar-refractivity contribution in [1.82, 2.24) is 0 Å². The van der Waals surface area contributed by atoms with E-state index in [9.17, 15) is 9.59 Å². The lowest BCUT2D eigenvalue weighted by Crippen LogP contribution is -2.32.